The topological polar surface area (TPSA) is 48.8 Å². The highest BCUT2D eigenvalue weighted by Gasteiger charge is 2.34. The molecule has 114 valence electrons. The highest BCUT2D eigenvalue weighted by atomic mass is 15.3. The van der Waals surface area contributed by atoms with Gasteiger partial charge in [0.15, 0.2) is 0 Å². The zero-order valence-corrected chi connectivity index (χ0v) is 13.5. The van der Waals surface area contributed by atoms with Crippen LogP contribution in [0.2, 0.25) is 0 Å². The standard InChI is InChI=1S/C17H26N4/c1-12-8-14-15(18)9-17(3,4)10-16(14)21(12)13(2)11-20-7-5-6-19-20/h5-8,13,15H,9-11,18H2,1-4H3. The fourth-order valence-electron chi connectivity index (χ4n) is 3.84. The number of aromatic nitrogens is 3. The Labute approximate surface area is 126 Å². The van der Waals surface area contributed by atoms with E-state index in [0.717, 1.165) is 19.4 Å². The average Bonchev–Trinajstić information content (AvgIpc) is 2.95. The molecule has 0 bridgehead atoms. The molecule has 4 heteroatoms. The largest absolute Gasteiger partial charge is 0.344 e. The van der Waals surface area contributed by atoms with Gasteiger partial charge in [-0.3, -0.25) is 4.68 Å². The summed E-state index contributed by atoms with van der Waals surface area (Å²) in [6.45, 7) is 9.99. The molecule has 2 atom stereocenters. The third-order valence-electron chi connectivity index (χ3n) is 4.64. The van der Waals surface area contributed by atoms with Crippen molar-refractivity contribution in [2.75, 3.05) is 0 Å². The van der Waals surface area contributed by atoms with Crippen molar-refractivity contribution in [2.24, 2.45) is 11.1 Å². The van der Waals surface area contributed by atoms with Gasteiger partial charge in [-0.1, -0.05) is 13.8 Å². The lowest BCUT2D eigenvalue weighted by Crippen LogP contribution is -2.31. The van der Waals surface area contributed by atoms with Gasteiger partial charge in [0, 0.05) is 29.8 Å². The molecule has 1 aliphatic rings. The van der Waals surface area contributed by atoms with Crippen molar-refractivity contribution < 1.29 is 0 Å². The summed E-state index contributed by atoms with van der Waals surface area (Å²) in [7, 11) is 0. The Morgan fingerprint density at radius 3 is 2.90 bits per heavy atom. The summed E-state index contributed by atoms with van der Waals surface area (Å²) in [4.78, 5) is 0. The van der Waals surface area contributed by atoms with Crippen molar-refractivity contribution in [1.29, 1.82) is 0 Å². The molecule has 0 fully saturated rings. The first kappa shape index (κ1) is 14.4. The van der Waals surface area contributed by atoms with Gasteiger partial charge in [0.2, 0.25) is 0 Å². The zero-order chi connectivity index (χ0) is 15.2. The van der Waals surface area contributed by atoms with Gasteiger partial charge in [-0.2, -0.15) is 5.10 Å². The van der Waals surface area contributed by atoms with Crippen molar-refractivity contribution >= 4 is 0 Å². The van der Waals surface area contributed by atoms with E-state index in [1.54, 1.807) is 0 Å². The van der Waals surface area contributed by atoms with Crippen LogP contribution in [0.1, 0.15) is 56.2 Å². The molecular formula is C17H26N4. The molecule has 0 spiro atoms. The average molecular weight is 286 g/mol. The first-order valence-corrected chi connectivity index (χ1v) is 7.81. The molecule has 21 heavy (non-hydrogen) atoms. The summed E-state index contributed by atoms with van der Waals surface area (Å²) >= 11 is 0. The molecule has 2 aromatic heterocycles. The molecule has 0 aromatic carbocycles. The fourth-order valence-corrected chi connectivity index (χ4v) is 3.84. The van der Waals surface area contributed by atoms with Crippen molar-refractivity contribution in [1.82, 2.24) is 14.3 Å². The van der Waals surface area contributed by atoms with E-state index in [1.165, 1.54) is 17.0 Å². The lowest BCUT2D eigenvalue weighted by Gasteiger charge is -2.35. The molecular weight excluding hydrogens is 260 g/mol. The van der Waals surface area contributed by atoms with Crippen molar-refractivity contribution in [3.05, 3.63) is 41.5 Å². The monoisotopic (exact) mass is 286 g/mol. The fraction of sp³-hybridized carbons (Fsp3) is 0.588. The van der Waals surface area contributed by atoms with Crippen LogP contribution in [-0.4, -0.2) is 14.3 Å². The Hall–Kier alpha value is -1.55. The normalized spacial score (nSPS) is 22.0. The highest BCUT2D eigenvalue weighted by molar-refractivity contribution is 5.34. The van der Waals surface area contributed by atoms with Crippen LogP contribution in [0.15, 0.2) is 24.5 Å². The van der Waals surface area contributed by atoms with E-state index in [1.807, 2.05) is 23.1 Å². The molecule has 2 unspecified atom stereocenters. The maximum atomic E-state index is 6.41. The molecule has 4 nitrogen and oxygen atoms in total. The Kier molecular flexibility index (Phi) is 3.44. The third-order valence-corrected chi connectivity index (χ3v) is 4.64. The lowest BCUT2D eigenvalue weighted by molar-refractivity contribution is 0.269. The molecule has 2 N–H and O–H groups in total. The summed E-state index contributed by atoms with van der Waals surface area (Å²) in [5.41, 5.74) is 10.8. The second-order valence-electron chi connectivity index (χ2n) is 7.29. The lowest BCUT2D eigenvalue weighted by atomic mass is 9.74. The van der Waals surface area contributed by atoms with E-state index in [4.69, 9.17) is 5.73 Å². The van der Waals surface area contributed by atoms with Crippen LogP contribution in [0.5, 0.6) is 0 Å². The molecule has 0 radical (unpaired) electrons. The Bertz CT molecular complexity index is 622. The van der Waals surface area contributed by atoms with Crippen molar-refractivity contribution in [3.63, 3.8) is 0 Å². The second-order valence-corrected chi connectivity index (χ2v) is 7.29. The highest BCUT2D eigenvalue weighted by Crippen LogP contribution is 2.41. The second kappa shape index (κ2) is 5.02. The number of hydrogen-bond donors (Lipinski definition) is 1. The Morgan fingerprint density at radius 1 is 1.48 bits per heavy atom. The predicted octanol–water partition coefficient (Wildman–Crippen LogP) is 3.23. The summed E-state index contributed by atoms with van der Waals surface area (Å²) in [5, 5.41) is 4.33. The van der Waals surface area contributed by atoms with Gasteiger partial charge in [-0.05, 0) is 49.8 Å². The maximum absolute atomic E-state index is 6.41. The SMILES string of the molecule is Cc1cc2c(n1C(C)Cn1cccn1)CC(C)(C)CC2N. The van der Waals surface area contributed by atoms with Crippen molar-refractivity contribution in [3.8, 4) is 0 Å². The molecule has 2 aromatic rings. The van der Waals surface area contributed by atoms with E-state index in [-0.39, 0.29) is 11.5 Å². The van der Waals surface area contributed by atoms with Crippen LogP contribution < -0.4 is 5.73 Å². The summed E-state index contributed by atoms with van der Waals surface area (Å²) in [6.07, 6.45) is 6.03. The zero-order valence-electron chi connectivity index (χ0n) is 13.5. The Morgan fingerprint density at radius 2 is 2.24 bits per heavy atom. The van der Waals surface area contributed by atoms with Gasteiger partial charge in [-0.25, -0.2) is 0 Å². The van der Waals surface area contributed by atoms with Gasteiger partial charge in [-0.15, -0.1) is 0 Å². The van der Waals surface area contributed by atoms with E-state index in [9.17, 15) is 0 Å². The number of rotatable bonds is 3. The minimum absolute atomic E-state index is 0.167. The Balaban J connectivity index is 1.96. The quantitative estimate of drug-likeness (QED) is 0.941. The molecule has 3 rings (SSSR count). The van der Waals surface area contributed by atoms with Crippen LogP contribution >= 0.6 is 0 Å². The minimum atomic E-state index is 0.167. The number of fused-ring (bicyclic) bond motifs is 1. The predicted molar refractivity (Wildman–Crippen MR) is 85.1 cm³/mol. The van der Waals surface area contributed by atoms with E-state index in [2.05, 4.69) is 43.4 Å². The maximum Gasteiger partial charge on any atom is 0.0614 e. The smallest absolute Gasteiger partial charge is 0.0614 e. The van der Waals surface area contributed by atoms with Crippen LogP contribution in [0.4, 0.5) is 0 Å². The van der Waals surface area contributed by atoms with Crippen LogP contribution in [0.3, 0.4) is 0 Å². The first-order chi connectivity index (χ1) is 9.87. The van der Waals surface area contributed by atoms with Gasteiger partial charge in [0.1, 0.15) is 0 Å². The van der Waals surface area contributed by atoms with E-state index < -0.39 is 0 Å². The molecule has 0 saturated carbocycles. The summed E-state index contributed by atoms with van der Waals surface area (Å²) < 4.78 is 4.47. The van der Waals surface area contributed by atoms with E-state index in [0.29, 0.717) is 6.04 Å². The molecule has 0 amide bonds. The molecule has 0 saturated heterocycles. The number of hydrogen-bond acceptors (Lipinski definition) is 2. The number of nitrogens with zero attached hydrogens (tertiary/aromatic N) is 3. The number of nitrogens with two attached hydrogens (primary N) is 1. The third kappa shape index (κ3) is 2.64. The van der Waals surface area contributed by atoms with Crippen LogP contribution in [-0.2, 0) is 13.0 Å². The molecule has 0 aliphatic heterocycles. The van der Waals surface area contributed by atoms with Gasteiger partial charge in [0.25, 0.3) is 0 Å². The number of aryl methyl sites for hydroxylation is 1. The summed E-state index contributed by atoms with van der Waals surface area (Å²) in [6, 6.07) is 4.81. The van der Waals surface area contributed by atoms with Gasteiger partial charge >= 0.3 is 0 Å². The van der Waals surface area contributed by atoms with Crippen molar-refractivity contribution in [2.45, 2.75) is 59.2 Å². The van der Waals surface area contributed by atoms with Gasteiger partial charge < -0.3 is 10.3 Å². The van der Waals surface area contributed by atoms with E-state index >= 15 is 0 Å². The van der Waals surface area contributed by atoms with Gasteiger partial charge in [0.05, 0.1) is 12.6 Å². The molecule has 1 aliphatic carbocycles. The molecule has 2 heterocycles. The first-order valence-electron chi connectivity index (χ1n) is 7.81. The van der Waals surface area contributed by atoms with Crippen LogP contribution in [0, 0.1) is 12.3 Å². The minimum Gasteiger partial charge on any atom is -0.344 e. The summed E-state index contributed by atoms with van der Waals surface area (Å²) in [5.74, 6) is 0. The van der Waals surface area contributed by atoms with Crippen LogP contribution in [0.25, 0.3) is 0 Å².